The van der Waals surface area contributed by atoms with Crippen molar-refractivity contribution in [3.63, 3.8) is 0 Å². The fraction of sp³-hybridized carbons (Fsp3) is 0.450. The summed E-state index contributed by atoms with van der Waals surface area (Å²) in [6.45, 7) is 6.69. The number of carbonyl (C=O) groups excluding carboxylic acids is 1. The zero-order chi connectivity index (χ0) is 22.1. The van der Waals surface area contributed by atoms with Crippen molar-refractivity contribution in [3.05, 3.63) is 28.7 Å². The number of aryl methyl sites for hydroxylation is 1. The van der Waals surface area contributed by atoms with Crippen LogP contribution in [-0.2, 0) is 17.7 Å². The molecule has 11 heteroatoms. The molecule has 0 saturated heterocycles. The number of hydrogen-bond donors (Lipinski definition) is 2. The van der Waals surface area contributed by atoms with Gasteiger partial charge < -0.3 is 20.5 Å². The molecule has 4 heterocycles. The molecule has 31 heavy (non-hydrogen) atoms. The number of pyridine rings is 1. The second-order valence-corrected chi connectivity index (χ2v) is 8.32. The number of nitrogen functional groups attached to an aromatic ring is 1. The van der Waals surface area contributed by atoms with Crippen LogP contribution in [0.5, 0.6) is 5.75 Å². The van der Waals surface area contributed by atoms with Crippen molar-refractivity contribution in [2.45, 2.75) is 44.9 Å². The molecular formula is C20H25N7O3S. The van der Waals surface area contributed by atoms with Gasteiger partial charge in [-0.15, -0.1) is 11.8 Å². The molecule has 0 saturated carbocycles. The van der Waals surface area contributed by atoms with Crippen LogP contribution in [0.25, 0.3) is 11.0 Å². The number of nitrogens with two attached hydrogens (primary N) is 1. The zero-order valence-corrected chi connectivity index (χ0v) is 18.7. The van der Waals surface area contributed by atoms with Crippen LogP contribution in [0.15, 0.2) is 11.2 Å². The summed E-state index contributed by atoms with van der Waals surface area (Å²) in [7, 11) is 1.65. The topological polar surface area (TPSA) is 130 Å². The molecular weight excluding hydrogens is 418 g/mol. The van der Waals surface area contributed by atoms with Gasteiger partial charge in [-0.05, 0) is 20.8 Å². The molecule has 0 aliphatic carbocycles. The summed E-state index contributed by atoms with van der Waals surface area (Å²) in [6.07, 6.45) is 1.49. The van der Waals surface area contributed by atoms with E-state index in [4.69, 9.17) is 20.3 Å². The first-order valence-electron chi connectivity index (χ1n) is 10.0. The first-order chi connectivity index (χ1) is 14.9. The van der Waals surface area contributed by atoms with E-state index in [1.807, 2.05) is 20.8 Å². The van der Waals surface area contributed by atoms with Crippen molar-refractivity contribution in [2.24, 2.45) is 0 Å². The van der Waals surface area contributed by atoms with Crippen LogP contribution in [0.4, 0.5) is 10.7 Å². The van der Waals surface area contributed by atoms with E-state index in [1.54, 1.807) is 18.0 Å². The number of amides is 1. The molecule has 1 atom stereocenters. The number of thioether (sulfide) groups is 1. The Bertz CT molecular complexity index is 1150. The van der Waals surface area contributed by atoms with E-state index < -0.39 is 6.09 Å². The van der Waals surface area contributed by atoms with Crippen molar-refractivity contribution in [2.75, 3.05) is 25.1 Å². The predicted molar refractivity (Wildman–Crippen MR) is 117 cm³/mol. The predicted octanol–water partition coefficient (Wildman–Crippen LogP) is 2.24. The van der Waals surface area contributed by atoms with Gasteiger partial charge >= 0.3 is 6.09 Å². The Morgan fingerprint density at radius 1 is 1.39 bits per heavy atom. The van der Waals surface area contributed by atoms with Gasteiger partial charge in [0.2, 0.25) is 5.95 Å². The number of ether oxygens (including phenoxy) is 2. The lowest BCUT2D eigenvalue weighted by molar-refractivity contribution is 0.109. The highest BCUT2D eigenvalue weighted by molar-refractivity contribution is 7.99. The number of aromatic nitrogens is 5. The van der Waals surface area contributed by atoms with Gasteiger partial charge in [0.05, 0.1) is 30.4 Å². The normalized spacial score (nSPS) is 15.5. The number of nitrogens with one attached hydrogen (secondary N) is 1. The number of rotatable bonds is 5. The molecule has 0 radical (unpaired) electrons. The van der Waals surface area contributed by atoms with Crippen molar-refractivity contribution in [3.8, 4) is 5.75 Å². The van der Waals surface area contributed by atoms with Crippen LogP contribution in [0, 0.1) is 13.8 Å². The number of nitrogens with zero attached hydrogens (tertiary/aromatic N) is 5. The summed E-state index contributed by atoms with van der Waals surface area (Å²) in [6, 6.07) is 0. The smallest absolute Gasteiger partial charge is 0.407 e. The van der Waals surface area contributed by atoms with Crippen LogP contribution in [0.3, 0.4) is 0 Å². The minimum absolute atomic E-state index is 0.178. The average molecular weight is 444 g/mol. The van der Waals surface area contributed by atoms with Crippen LogP contribution in [-0.4, -0.2) is 56.3 Å². The minimum Gasteiger partial charge on any atom is -0.496 e. The Morgan fingerprint density at radius 3 is 2.94 bits per heavy atom. The Hall–Kier alpha value is -3.08. The van der Waals surface area contributed by atoms with E-state index in [1.165, 1.54) is 11.8 Å². The van der Waals surface area contributed by atoms with E-state index in [9.17, 15) is 4.79 Å². The van der Waals surface area contributed by atoms with E-state index in [2.05, 4.69) is 20.3 Å². The van der Waals surface area contributed by atoms with Crippen molar-refractivity contribution < 1.29 is 14.3 Å². The molecule has 3 N–H and O–H groups in total. The van der Waals surface area contributed by atoms with E-state index in [0.717, 1.165) is 38.7 Å². The maximum Gasteiger partial charge on any atom is 0.407 e. The van der Waals surface area contributed by atoms with Gasteiger partial charge in [0, 0.05) is 36.0 Å². The van der Waals surface area contributed by atoms with Gasteiger partial charge in [-0.1, -0.05) is 0 Å². The standard InChI is InChI=1S/C20H25N7O3S/c1-5-22-20(28)30-12-6-13-15-17(24-19(21)25-18(15)31-9-12)27(26-13)8-14-11(3)16(29-4)10(2)7-23-14/h7,12H,5-6,8-9H2,1-4H3,(H,22,28)(H2,21,24,25). The van der Waals surface area contributed by atoms with Crippen molar-refractivity contribution in [1.29, 1.82) is 0 Å². The molecule has 0 aromatic carbocycles. The highest BCUT2D eigenvalue weighted by Gasteiger charge is 2.28. The summed E-state index contributed by atoms with van der Waals surface area (Å²) in [5.74, 6) is 1.55. The van der Waals surface area contributed by atoms with E-state index >= 15 is 0 Å². The Balaban J connectivity index is 1.73. The largest absolute Gasteiger partial charge is 0.496 e. The molecule has 3 aromatic rings. The molecule has 0 spiro atoms. The number of alkyl carbamates (subject to hydrolysis) is 1. The van der Waals surface area contributed by atoms with Crippen LogP contribution < -0.4 is 15.8 Å². The van der Waals surface area contributed by atoms with Crippen molar-refractivity contribution in [1.82, 2.24) is 30.0 Å². The van der Waals surface area contributed by atoms with Crippen LogP contribution in [0.2, 0.25) is 0 Å². The first-order valence-corrected chi connectivity index (χ1v) is 11.0. The summed E-state index contributed by atoms with van der Waals surface area (Å²) in [5.41, 5.74) is 10.2. The molecule has 1 amide bonds. The van der Waals surface area contributed by atoms with Crippen LogP contribution in [0.1, 0.15) is 29.4 Å². The summed E-state index contributed by atoms with van der Waals surface area (Å²) in [5, 5.41) is 9.05. The maximum atomic E-state index is 11.9. The van der Waals surface area contributed by atoms with Crippen molar-refractivity contribution >= 4 is 34.8 Å². The van der Waals surface area contributed by atoms with Gasteiger partial charge in [0.15, 0.2) is 5.65 Å². The number of methoxy groups -OCH3 is 1. The molecule has 4 rings (SSSR count). The van der Waals surface area contributed by atoms with Gasteiger partial charge in [-0.2, -0.15) is 10.1 Å². The summed E-state index contributed by atoms with van der Waals surface area (Å²) >= 11 is 1.49. The minimum atomic E-state index is -0.438. The Kier molecular flexibility index (Phi) is 5.86. The van der Waals surface area contributed by atoms with Gasteiger partial charge in [-0.25, -0.2) is 14.5 Å². The zero-order valence-electron chi connectivity index (χ0n) is 17.9. The first kappa shape index (κ1) is 21.2. The second-order valence-electron chi connectivity index (χ2n) is 7.31. The molecule has 3 aromatic heterocycles. The molecule has 0 bridgehead atoms. The van der Waals surface area contributed by atoms with Gasteiger partial charge in [0.25, 0.3) is 0 Å². The summed E-state index contributed by atoms with van der Waals surface area (Å²) in [4.78, 5) is 25.4. The second kappa shape index (κ2) is 8.58. The number of hydrogen-bond acceptors (Lipinski definition) is 9. The molecule has 1 aliphatic rings. The Morgan fingerprint density at radius 2 is 2.19 bits per heavy atom. The van der Waals surface area contributed by atoms with E-state index in [-0.39, 0.29) is 12.1 Å². The third-order valence-corrected chi connectivity index (χ3v) is 6.23. The van der Waals surface area contributed by atoms with E-state index in [0.29, 0.717) is 30.9 Å². The van der Waals surface area contributed by atoms with Crippen LogP contribution >= 0.6 is 11.8 Å². The lowest BCUT2D eigenvalue weighted by Gasteiger charge is -2.15. The third-order valence-electron chi connectivity index (χ3n) is 5.12. The molecule has 1 unspecified atom stereocenters. The monoisotopic (exact) mass is 443 g/mol. The molecule has 164 valence electrons. The van der Waals surface area contributed by atoms with Gasteiger partial charge in [0.1, 0.15) is 16.9 Å². The third kappa shape index (κ3) is 4.09. The molecule has 10 nitrogen and oxygen atoms in total. The highest BCUT2D eigenvalue weighted by Crippen LogP contribution is 2.34. The SMILES string of the molecule is CCNC(=O)OC1CSc2nc(N)nc3c2c(nn3Cc2ncc(C)c(OC)c2C)C1. The number of carbonyl (C=O) groups is 1. The highest BCUT2D eigenvalue weighted by atomic mass is 32.2. The molecule has 0 fully saturated rings. The lowest BCUT2D eigenvalue weighted by atomic mass is 10.1. The quantitative estimate of drug-likeness (QED) is 0.570. The van der Waals surface area contributed by atoms with Gasteiger partial charge in [-0.3, -0.25) is 4.98 Å². The Labute approximate surface area is 183 Å². The lowest BCUT2D eigenvalue weighted by Crippen LogP contribution is -2.31. The number of anilines is 1. The summed E-state index contributed by atoms with van der Waals surface area (Å²) < 4.78 is 12.9. The molecule has 1 aliphatic heterocycles. The maximum absolute atomic E-state index is 11.9. The fourth-order valence-corrected chi connectivity index (χ4v) is 4.76. The fourth-order valence-electron chi connectivity index (χ4n) is 3.72. The average Bonchev–Trinajstić information content (AvgIpc) is 2.95.